The van der Waals surface area contributed by atoms with Gasteiger partial charge in [-0.1, -0.05) is 47.7 Å². The Morgan fingerprint density at radius 2 is 1.86 bits per heavy atom. The molecule has 2 amide bonds. The second kappa shape index (κ2) is 9.46. The topological polar surface area (TPSA) is 71.1 Å². The lowest BCUT2D eigenvalue weighted by atomic mass is 10.1. The number of nitrogens with zero attached hydrogens (tertiary/aromatic N) is 1. The fourth-order valence-electron chi connectivity index (χ4n) is 3.03. The number of rotatable bonds is 8. The molecule has 0 radical (unpaired) electrons. The molecule has 6 heteroatoms. The molecule has 0 fully saturated rings. The van der Waals surface area contributed by atoms with Crippen LogP contribution in [0.25, 0.3) is 10.2 Å². The first kappa shape index (κ1) is 20.0. The Hall–Kier alpha value is -2.73. The van der Waals surface area contributed by atoms with E-state index in [9.17, 15) is 9.59 Å². The molecule has 0 saturated heterocycles. The smallest absolute Gasteiger partial charge is 0.223 e. The van der Waals surface area contributed by atoms with E-state index in [1.54, 1.807) is 0 Å². The fourth-order valence-corrected chi connectivity index (χ4v) is 4.01. The molecule has 3 rings (SSSR count). The molecule has 146 valence electrons. The highest BCUT2D eigenvalue weighted by Crippen LogP contribution is 2.27. The Kier molecular flexibility index (Phi) is 6.76. The van der Waals surface area contributed by atoms with Gasteiger partial charge in [-0.2, -0.15) is 0 Å². The molecule has 0 spiro atoms. The normalized spacial score (nSPS) is 11.9. The van der Waals surface area contributed by atoms with Crippen LogP contribution in [0.5, 0.6) is 0 Å². The van der Waals surface area contributed by atoms with Crippen LogP contribution in [0.4, 0.5) is 5.13 Å². The van der Waals surface area contributed by atoms with E-state index in [1.165, 1.54) is 23.8 Å². The summed E-state index contributed by atoms with van der Waals surface area (Å²) >= 11 is 1.45. The zero-order chi connectivity index (χ0) is 19.9. The number of amides is 2. The van der Waals surface area contributed by atoms with E-state index >= 15 is 0 Å². The number of hydrogen-bond acceptors (Lipinski definition) is 4. The van der Waals surface area contributed by atoms with Crippen LogP contribution in [-0.4, -0.2) is 22.8 Å². The van der Waals surface area contributed by atoms with Gasteiger partial charge < -0.3 is 10.6 Å². The fraction of sp³-hybridized carbons (Fsp3) is 0.318. The minimum atomic E-state index is -0.127. The van der Waals surface area contributed by atoms with Gasteiger partial charge in [0.15, 0.2) is 5.13 Å². The molecule has 28 heavy (non-hydrogen) atoms. The van der Waals surface area contributed by atoms with E-state index in [2.05, 4.69) is 27.8 Å². The summed E-state index contributed by atoms with van der Waals surface area (Å²) in [6, 6.07) is 16.4. The second-order valence-corrected chi connectivity index (χ2v) is 8.03. The summed E-state index contributed by atoms with van der Waals surface area (Å²) in [6.07, 6.45) is 3.02. The Bertz CT molecular complexity index is 953. The number of aryl methyl sites for hydroxylation is 2. The average molecular weight is 396 g/mol. The Labute approximate surface area is 169 Å². The number of thiazole rings is 1. The molecule has 0 aliphatic rings. The molecule has 0 saturated carbocycles. The van der Waals surface area contributed by atoms with Gasteiger partial charge in [-0.05, 0) is 49.4 Å². The maximum Gasteiger partial charge on any atom is 0.223 e. The lowest BCUT2D eigenvalue weighted by Gasteiger charge is -2.14. The van der Waals surface area contributed by atoms with Crippen LogP contribution in [0.1, 0.15) is 37.8 Å². The van der Waals surface area contributed by atoms with Gasteiger partial charge >= 0.3 is 0 Å². The average Bonchev–Trinajstić information content (AvgIpc) is 3.06. The Morgan fingerprint density at radius 3 is 2.61 bits per heavy atom. The molecule has 2 N–H and O–H groups in total. The summed E-state index contributed by atoms with van der Waals surface area (Å²) in [5.41, 5.74) is 3.24. The number of hydrogen-bond donors (Lipinski definition) is 2. The summed E-state index contributed by atoms with van der Waals surface area (Å²) in [5, 5.41) is 6.40. The van der Waals surface area contributed by atoms with Crippen LogP contribution in [0.15, 0.2) is 48.5 Å². The van der Waals surface area contributed by atoms with Gasteiger partial charge in [-0.3, -0.25) is 9.59 Å². The predicted octanol–water partition coefficient (Wildman–Crippen LogP) is 4.32. The first-order chi connectivity index (χ1) is 13.5. The molecule has 3 aromatic rings. The molecule has 1 aromatic heterocycles. The van der Waals surface area contributed by atoms with Crippen LogP contribution in [0, 0.1) is 0 Å². The predicted molar refractivity (Wildman–Crippen MR) is 115 cm³/mol. The molecule has 1 atom stereocenters. The number of benzene rings is 2. The number of aromatic nitrogens is 1. The van der Waals surface area contributed by atoms with E-state index < -0.39 is 0 Å². The second-order valence-electron chi connectivity index (χ2n) is 7.00. The monoisotopic (exact) mass is 395 g/mol. The molecular weight excluding hydrogens is 370 g/mol. The number of anilines is 1. The summed E-state index contributed by atoms with van der Waals surface area (Å²) < 4.78 is 1.01. The van der Waals surface area contributed by atoms with Crippen molar-refractivity contribution in [3.63, 3.8) is 0 Å². The van der Waals surface area contributed by atoms with E-state index in [0.717, 1.165) is 28.6 Å². The number of nitrogens with one attached hydrogen (secondary N) is 2. The largest absolute Gasteiger partial charge is 0.354 e. The standard InChI is InChI=1S/C22H25N3O2S/c1-15(8-9-17-6-4-3-5-7-17)23-21(27)13-11-18-10-12-19-20(14-18)28-22(25-19)24-16(2)26/h3-7,10,12,14-15H,8-9,11,13H2,1-2H3,(H,23,27)(H,24,25,26). The van der Waals surface area contributed by atoms with Gasteiger partial charge in [0.05, 0.1) is 10.2 Å². The molecule has 0 aliphatic carbocycles. The van der Waals surface area contributed by atoms with Crippen molar-refractivity contribution in [3.8, 4) is 0 Å². The van der Waals surface area contributed by atoms with Crippen LogP contribution in [0.3, 0.4) is 0 Å². The third-order valence-corrected chi connectivity index (χ3v) is 5.43. The summed E-state index contributed by atoms with van der Waals surface area (Å²) in [7, 11) is 0. The zero-order valence-corrected chi connectivity index (χ0v) is 17.0. The Morgan fingerprint density at radius 1 is 1.07 bits per heavy atom. The third-order valence-electron chi connectivity index (χ3n) is 4.49. The molecule has 0 aliphatic heterocycles. The Balaban J connectivity index is 1.47. The third kappa shape index (κ3) is 5.89. The van der Waals surface area contributed by atoms with Gasteiger partial charge in [0.25, 0.3) is 0 Å². The van der Waals surface area contributed by atoms with Crippen molar-refractivity contribution in [2.24, 2.45) is 0 Å². The lowest BCUT2D eigenvalue weighted by Crippen LogP contribution is -2.33. The van der Waals surface area contributed by atoms with E-state index in [4.69, 9.17) is 0 Å². The number of fused-ring (bicyclic) bond motifs is 1. The molecule has 1 heterocycles. The van der Waals surface area contributed by atoms with E-state index in [1.807, 2.05) is 43.3 Å². The minimum absolute atomic E-state index is 0.0731. The van der Waals surface area contributed by atoms with Gasteiger partial charge in [-0.15, -0.1) is 0 Å². The van der Waals surface area contributed by atoms with Gasteiger partial charge in [0.2, 0.25) is 11.8 Å². The molecule has 5 nitrogen and oxygen atoms in total. The molecule has 1 unspecified atom stereocenters. The van der Waals surface area contributed by atoms with Crippen LogP contribution in [-0.2, 0) is 22.4 Å². The van der Waals surface area contributed by atoms with Crippen molar-refractivity contribution in [1.29, 1.82) is 0 Å². The number of carbonyl (C=O) groups is 2. The highest BCUT2D eigenvalue weighted by Gasteiger charge is 2.10. The van der Waals surface area contributed by atoms with Crippen molar-refractivity contribution in [2.45, 2.75) is 45.6 Å². The summed E-state index contributed by atoms with van der Waals surface area (Å²) in [5.74, 6) is -0.0544. The number of carbonyl (C=O) groups excluding carboxylic acids is 2. The minimum Gasteiger partial charge on any atom is -0.354 e. The lowest BCUT2D eigenvalue weighted by molar-refractivity contribution is -0.121. The quantitative estimate of drug-likeness (QED) is 0.596. The van der Waals surface area contributed by atoms with Crippen molar-refractivity contribution >= 4 is 38.5 Å². The zero-order valence-electron chi connectivity index (χ0n) is 16.2. The van der Waals surface area contributed by atoms with Crippen LogP contribution < -0.4 is 10.6 Å². The first-order valence-electron chi connectivity index (χ1n) is 9.50. The SMILES string of the molecule is CC(=O)Nc1nc2ccc(CCC(=O)NC(C)CCc3ccccc3)cc2s1. The van der Waals surface area contributed by atoms with Crippen molar-refractivity contribution in [2.75, 3.05) is 5.32 Å². The molecule has 2 aromatic carbocycles. The van der Waals surface area contributed by atoms with Gasteiger partial charge in [-0.25, -0.2) is 4.98 Å². The van der Waals surface area contributed by atoms with Gasteiger partial charge in [0.1, 0.15) is 0 Å². The maximum absolute atomic E-state index is 12.3. The van der Waals surface area contributed by atoms with Crippen molar-refractivity contribution < 1.29 is 9.59 Å². The molecular formula is C22H25N3O2S. The summed E-state index contributed by atoms with van der Waals surface area (Å²) in [4.78, 5) is 27.8. The molecule has 0 bridgehead atoms. The van der Waals surface area contributed by atoms with E-state index in [0.29, 0.717) is 18.0 Å². The van der Waals surface area contributed by atoms with E-state index in [-0.39, 0.29) is 17.9 Å². The highest BCUT2D eigenvalue weighted by molar-refractivity contribution is 7.22. The first-order valence-corrected chi connectivity index (χ1v) is 10.3. The van der Waals surface area contributed by atoms with Crippen molar-refractivity contribution in [3.05, 3.63) is 59.7 Å². The summed E-state index contributed by atoms with van der Waals surface area (Å²) in [6.45, 7) is 3.52. The highest BCUT2D eigenvalue weighted by atomic mass is 32.1. The van der Waals surface area contributed by atoms with Crippen molar-refractivity contribution in [1.82, 2.24) is 10.3 Å². The van der Waals surface area contributed by atoms with Crippen LogP contribution >= 0.6 is 11.3 Å². The maximum atomic E-state index is 12.3. The van der Waals surface area contributed by atoms with Crippen LogP contribution in [0.2, 0.25) is 0 Å². The van der Waals surface area contributed by atoms with Gasteiger partial charge in [0, 0.05) is 19.4 Å².